The third-order valence-corrected chi connectivity index (χ3v) is 2.80. The van der Waals surface area contributed by atoms with Gasteiger partial charge >= 0.3 is 12.0 Å². The molecule has 0 saturated carbocycles. The summed E-state index contributed by atoms with van der Waals surface area (Å²) < 4.78 is 5.40. The summed E-state index contributed by atoms with van der Waals surface area (Å²) in [4.78, 5) is 26.1. The lowest BCUT2D eigenvalue weighted by Crippen LogP contribution is -2.45. The van der Waals surface area contributed by atoms with Gasteiger partial charge in [0.05, 0.1) is 12.7 Å². The molecule has 0 unspecified atom stereocenters. The summed E-state index contributed by atoms with van der Waals surface area (Å²) in [5.74, 6) is -1.06. The molecule has 0 aromatic heterocycles. The zero-order valence-corrected chi connectivity index (χ0v) is 12.7. The van der Waals surface area contributed by atoms with Crippen LogP contribution in [-0.2, 0) is 9.53 Å². The predicted octanol–water partition coefficient (Wildman–Crippen LogP) is 2.05. The van der Waals surface area contributed by atoms with Crippen LogP contribution in [0.3, 0.4) is 0 Å². The number of carbonyl (C=O) groups excluding carboxylic acids is 1. The van der Waals surface area contributed by atoms with Crippen LogP contribution < -0.4 is 4.90 Å². The molecule has 0 atom stereocenters. The number of likely N-dealkylation sites (N-methyl/N-ethyl adjacent to an activating group) is 1. The summed E-state index contributed by atoms with van der Waals surface area (Å²) in [7, 11) is 1.63. The minimum Gasteiger partial charge on any atom is -0.480 e. The highest BCUT2D eigenvalue weighted by Gasteiger charge is 2.21. The summed E-state index contributed by atoms with van der Waals surface area (Å²) in [5.41, 5.74) is 0.557. The fraction of sp³-hybridized carbons (Fsp3) is 0.467. The third-order valence-electron chi connectivity index (χ3n) is 2.80. The van der Waals surface area contributed by atoms with E-state index in [4.69, 9.17) is 9.84 Å². The molecule has 1 aromatic carbocycles. The summed E-state index contributed by atoms with van der Waals surface area (Å²) >= 11 is 0. The number of carboxylic acid groups (broad SMARTS) is 1. The van der Waals surface area contributed by atoms with E-state index >= 15 is 0 Å². The second kappa shape index (κ2) is 8.26. The average Bonchev–Trinajstić information content (AvgIpc) is 2.44. The molecule has 0 bridgehead atoms. The van der Waals surface area contributed by atoms with E-state index in [0.717, 1.165) is 0 Å². The fourth-order valence-corrected chi connectivity index (χ4v) is 1.74. The Kier molecular flexibility index (Phi) is 6.68. The normalized spacial score (nSPS) is 10.5. The van der Waals surface area contributed by atoms with Gasteiger partial charge in [-0.1, -0.05) is 18.2 Å². The molecule has 0 heterocycles. The highest BCUT2D eigenvalue weighted by atomic mass is 16.5. The smallest absolute Gasteiger partial charge is 0.324 e. The molecule has 1 N–H and O–H groups in total. The Hall–Kier alpha value is -2.08. The Balaban J connectivity index is 2.74. The van der Waals surface area contributed by atoms with E-state index in [1.807, 2.05) is 19.9 Å². The number of rotatable bonds is 7. The van der Waals surface area contributed by atoms with Gasteiger partial charge in [0.1, 0.15) is 6.54 Å². The maximum absolute atomic E-state index is 12.4. The molecular formula is C15H22N2O4. The fourth-order valence-electron chi connectivity index (χ4n) is 1.74. The zero-order chi connectivity index (χ0) is 15.8. The predicted molar refractivity (Wildman–Crippen MR) is 80.5 cm³/mol. The average molecular weight is 294 g/mol. The number of nitrogens with zero attached hydrogens (tertiary/aromatic N) is 2. The lowest BCUT2D eigenvalue weighted by molar-refractivity contribution is -0.135. The molecule has 0 aliphatic carbocycles. The van der Waals surface area contributed by atoms with Crippen molar-refractivity contribution < 1.29 is 19.4 Å². The Morgan fingerprint density at radius 1 is 1.24 bits per heavy atom. The van der Waals surface area contributed by atoms with Gasteiger partial charge in [-0.25, -0.2) is 4.79 Å². The number of carbonyl (C=O) groups is 2. The van der Waals surface area contributed by atoms with E-state index in [1.165, 1.54) is 9.80 Å². The largest absolute Gasteiger partial charge is 0.480 e. The zero-order valence-electron chi connectivity index (χ0n) is 12.7. The van der Waals surface area contributed by atoms with Gasteiger partial charge in [-0.15, -0.1) is 0 Å². The van der Waals surface area contributed by atoms with Gasteiger partial charge in [-0.05, 0) is 26.0 Å². The second-order valence-corrected chi connectivity index (χ2v) is 4.94. The van der Waals surface area contributed by atoms with Crippen molar-refractivity contribution in [2.75, 3.05) is 31.6 Å². The topological polar surface area (TPSA) is 70.1 Å². The lowest BCUT2D eigenvalue weighted by atomic mass is 10.3. The summed E-state index contributed by atoms with van der Waals surface area (Å²) in [5, 5.41) is 8.99. The van der Waals surface area contributed by atoms with E-state index in [1.54, 1.807) is 31.3 Å². The maximum Gasteiger partial charge on any atom is 0.324 e. The minimum atomic E-state index is -1.06. The molecule has 0 aliphatic rings. The molecule has 6 heteroatoms. The summed E-state index contributed by atoms with van der Waals surface area (Å²) in [6, 6.07) is 8.39. The Morgan fingerprint density at radius 2 is 1.86 bits per heavy atom. The quantitative estimate of drug-likeness (QED) is 0.835. The molecule has 0 fully saturated rings. The van der Waals surface area contributed by atoms with Gasteiger partial charge in [0.25, 0.3) is 0 Å². The van der Waals surface area contributed by atoms with Crippen molar-refractivity contribution in [1.82, 2.24) is 4.90 Å². The molecule has 0 spiro atoms. The van der Waals surface area contributed by atoms with Crippen LogP contribution in [0.1, 0.15) is 13.8 Å². The van der Waals surface area contributed by atoms with Gasteiger partial charge in [-0.3, -0.25) is 9.69 Å². The van der Waals surface area contributed by atoms with Crippen LogP contribution in [0.5, 0.6) is 0 Å². The number of hydrogen-bond donors (Lipinski definition) is 1. The number of hydrogen-bond acceptors (Lipinski definition) is 3. The number of aliphatic carboxylic acids is 1. The van der Waals surface area contributed by atoms with Crippen LogP contribution >= 0.6 is 0 Å². The first-order chi connectivity index (χ1) is 9.91. The van der Waals surface area contributed by atoms with E-state index in [-0.39, 0.29) is 18.7 Å². The van der Waals surface area contributed by atoms with Crippen molar-refractivity contribution in [3.63, 3.8) is 0 Å². The molecule has 1 rings (SSSR count). The maximum atomic E-state index is 12.4. The number of benzene rings is 1. The lowest BCUT2D eigenvalue weighted by Gasteiger charge is -2.27. The summed E-state index contributed by atoms with van der Waals surface area (Å²) in [6.45, 7) is 4.28. The van der Waals surface area contributed by atoms with Crippen LogP contribution in [0.15, 0.2) is 30.3 Å². The van der Waals surface area contributed by atoms with Gasteiger partial charge in [-0.2, -0.15) is 0 Å². The van der Waals surface area contributed by atoms with Crippen molar-refractivity contribution in [2.24, 2.45) is 0 Å². The first kappa shape index (κ1) is 17.0. The monoisotopic (exact) mass is 294 g/mol. The Labute approximate surface area is 124 Å². The second-order valence-electron chi connectivity index (χ2n) is 4.94. The molecule has 0 aliphatic heterocycles. The molecule has 6 nitrogen and oxygen atoms in total. The van der Waals surface area contributed by atoms with Gasteiger partial charge in [0.2, 0.25) is 0 Å². The van der Waals surface area contributed by atoms with Crippen LogP contribution in [0.4, 0.5) is 10.5 Å². The number of carboxylic acids is 1. The van der Waals surface area contributed by atoms with Gasteiger partial charge < -0.3 is 14.7 Å². The number of urea groups is 1. The van der Waals surface area contributed by atoms with E-state index < -0.39 is 5.97 Å². The molecule has 0 saturated heterocycles. The molecule has 2 amide bonds. The van der Waals surface area contributed by atoms with Crippen molar-refractivity contribution in [1.29, 1.82) is 0 Å². The molecule has 1 aromatic rings. The van der Waals surface area contributed by atoms with Gasteiger partial charge in [0.15, 0.2) is 0 Å². The molecule has 21 heavy (non-hydrogen) atoms. The SMILES string of the molecule is CC(C)OCCN(C)C(=O)N(CC(=O)O)c1ccccc1. The van der Waals surface area contributed by atoms with Gasteiger partial charge in [0, 0.05) is 19.3 Å². The minimum absolute atomic E-state index is 0.0951. The molecule has 116 valence electrons. The number of anilines is 1. The highest BCUT2D eigenvalue weighted by Crippen LogP contribution is 2.14. The molecule has 0 radical (unpaired) electrons. The van der Waals surface area contributed by atoms with E-state index in [9.17, 15) is 9.59 Å². The number of amides is 2. The number of para-hydroxylation sites is 1. The Bertz CT molecular complexity index is 462. The number of ether oxygens (including phenoxy) is 1. The van der Waals surface area contributed by atoms with Crippen LogP contribution in [-0.4, -0.2) is 54.9 Å². The molecular weight excluding hydrogens is 272 g/mol. The standard InChI is InChI=1S/C15H22N2O4/c1-12(2)21-10-9-16(3)15(20)17(11-14(18)19)13-7-5-4-6-8-13/h4-8,12H,9-11H2,1-3H3,(H,18,19). The first-order valence-electron chi connectivity index (χ1n) is 6.83. The third kappa shape index (κ3) is 5.83. The van der Waals surface area contributed by atoms with Crippen molar-refractivity contribution in [3.8, 4) is 0 Å². The van der Waals surface area contributed by atoms with Crippen molar-refractivity contribution in [2.45, 2.75) is 20.0 Å². The van der Waals surface area contributed by atoms with E-state index in [0.29, 0.717) is 18.8 Å². The first-order valence-corrected chi connectivity index (χ1v) is 6.83. The summed E-state index contributed by atoms with van der Waals surface area (Å²) in [6.07, 6.45) is 0.0951. The van der Waals surface area contributed by atoms with E-state index in [2.05, 4.69) is 0 Å². The highest BCUT2D eigenvalue weighted by molar-refractivity contribution is 5.96. The van der Waals surface area contributed by atoms with Crippen LogP contribution in [0, 0.1) is 0 Å². The Morgan fingerprint density at radius 3 is 2.38 bits per heavy atom. The van der Waals surface area contributed by atoms with Crippen LogP contribution in [0.25, 0.3) is 0 Å². The van der Waals surface area contributed by atoms with Crippen molar-refractivity contribution in [3.05, 3.63) is 30.3 Å². The van der Waals surface area contributed by atoms with Crippen molar-refractivity contribution >= 4 is 17.7 Å². The van der Waals surface area contributed by atoms with Crippen LogP contribution in [0.2, 0.25) is 0 Å².